The lowest BCUT2D eigenvalue weighted by Gasteiger charge is -2.22. The molecule has 0 saturated heterocycles. The van der Waals surface area contributed by atoms with Gasteiger partial charge in [0.15, 0.2) is 0 Å². The molecule has 0 atom stereocenters. The van der Waals surface area contributed by atoms with Crippen LogP contribution in [0.5, 0.6) is 0 Å². The summed E-state index contributed by atoms with van der Waals surface area (Å²) in [6, 6.07) is 0. The molecule has 0 unspecified atom stereocenters. The van der Waals surface area contributed by atoms with Crippen LogP contribution >= 0.6 is 0 Å². The number of hydrogen-bond acceptors (Lipinski definition) is 3. The third-order valence-corrected chi connectivity index (χ3v) is 4.56. The standard InChI is InChI=1S/C12H25F3N2O2S/c1-3-7-16-8-5-6-10-20(18,19)17(9-4-2)11-12(13,14)15/h16H,3-11H2,1-2H3. The fraction of sp³-hybridized carbons (Fsp3) is 1.00. The molecule has 0 spiro atoms. The molecule has 0 fully saturated rings. The molecule has 0 aliphatic rings. The van der Waals surface area contributed by atoms with Gasteiger partial charge in [-0.25, -0.2) is 8.42 Å². The van der Waals surface area contributed by atoms with Crippen LogP contribution < -0.4 is 5.32 Å². The highest BCUT2D eigenvalue weighted by Crippen LogP contribution is 2.19. The molecule has 4 nitrogen and oxygen atoms in total. The number of nitrogens with zero attached hydrogens (tertiary/aromatic N) is 1. The first-order valence-electron chi connectivity index (χ1n) is 6.98. The molecule has 0 aromatic carbocycles. The third-order valence-electron chi connectivity index (χ3n) is 2.65. The number of alkyl halides is 3. The largest absolute Gasteiger partial charge is 0.402 e. The highest BCUT2D eigenvalue weighted by Gasteiger charge is 2.35. The summed E-state index contributed by atoms with van der Waals surface area (Å²) < 4.78 is 61.4. The SMILES string of the molecule is CCCNCCCCS(=O)(=O)N(CCC)CC(F)(F)F. The minimum atomic E-state index is -4.50. The number of rotatable bonds is 11. The molecule has 0 heterocycles. The molecular formula is C12H25F3N2O2S. The molecule has 0 amide bonds. The maximum atomic E-state index is 12.4. The van der Waals surface area contributed by atoms with E-state index in [1.807, 2.05) is 6.92 Å². The van der Waals surface area contributed by atoms with Crippen molar-refractivity contribution in [1.82, 2.24) is 9.62 Å². The van der Waals surface area contributed by atoms with Gasteiger partial charge in [0.05, 0.1) is 5.75 Å². The Morgan fingerprint density at radius 3 is 2.20 bits per heavy atom. The van der Waals surface area contributed by atoms with Gasteiger partial charge in [-0.2, -0.15) is 17.5 Å². The quantitative estimate of drug-likeness (QED) is 0.595. The second-order valence-electron chi connectivity index (χ2n) is 4.72. The monoisotopic (exact) mass is 318 g/mol. The molecule has 0 aliphatic carbocycles. The summed E-state index contributed by atoms with van der Waals surface area (Å²) in [6.45, 7) is 3.76. The van der Waals surface area contributed by atoms with Gasteiger partial charge in [0, 0.05) is 6.54 Å². The van der Waals surface area contributed by atoms with E-state index in [2.05, 4.69) is 5.32 Å². The van der Waals surface area contributed by atoms with Crippen molar-refractivity contribution in [2.45, 2.75) is 45.7 Å². The lowest BCUT2D eigenvalue weighted by Crippen LogP contribution is -2.40. The number of halogens is 3. The van der Waals surface area contributed by atoms with Crippen molar-refractivity contribution < 1.29 is 21.6 Å². The lowest BCUT2D eigenvalue weighted by atomic mass is 10.3. The van der Waals surface area contributed by atoms with Crippen LogP contribution in [0.3, 0.4) is 0 Å². The Hall–Kier alpha value is -0.340. The average Bonchev–Trinajstić information content (AvgIpc) is 2.31. The van der Waals surface area contributed by atoms with Gasteiger partial charge < -0.3 is 5.32 Å². The second kappa shape index (κ2) is 9.57. The van der Waals surface area contributed by atoms with E-state index in [0.717, 1.165) is 13.0 Å². The smallest absolute Gasteiger partial charge is 0.317 e. The molecule has 0 rings (SSSR count). The molecule has 0 aliphatic heterocycles. The van der Waals surface area contributed by atoms with Gasteiger partial charge in [0.2, 0.25) is 10.0 Å². The minimum absolute atomic E-state index is 0.0874. The first-order valence-corrected chi connectivity index (χ1v) is 8.59. The molecule has 1 N–H and O–H groups in total. The van der Waals surface area contributed by atoms with Crippen molar-refractivity contribution in [3.8, 4) is 0 Å². The molecule has 0 aromatic heterocycles. The Kier molecular flexibility index (Phi) is 9.41. The maximum Gasteiger partial charge on any atom is 0.402 e. The van der Waals surface area contributed by atoms with E-state index in [-0.39, 0.29) is 12.3 Å². The fourth-order valence-electron chi connectivity index (χ4n) is 1.73. The van der Waals surface area contributed by atoms with Crippen LogP contribution in [-0.2, 0) is 10.0 Å². The van der Waals surface area contributed by atoms with Crippen molar-refractivity contribution >= 4 is 10.0 Å². The van der Waals surface area contributed by atoms with Crippen molar-refractivity contribution in [2.75, 3.05) is 31.9 Å². The third kappa shape index (κ3) is 9.55. The van der Waals surface area contributed by atoms with Crippen LogP contribution in [0.25, 0.3) is 0 Å². The van der Waals surface area contributed by atoms with E-state index in [9.17, 15) is 21.6 Å². The summed E-state index contributed by atoms with van der Waals surface area (Å²) in [5, 5.41) is 3.13. The van der Waals surface area contributed by atoms with E-state index >= 15 is 0 Å². The molecule has 0 radical (unpaired) electrons. The summed E-state index contributed by atoms with van der Waals surface area (Å²) in [7, 11) is -3.82. The highest BCUT2D eigenvalue weighted by molar-refractivity contribution is 7.89. The van der Waals surface area contributed by atoms with Gasteiger partial charge in [-0.15, -0.1) is 0 Å². The van der Waals surface area contributed by atoms with Gasteiger partial charge in [-0.05, 0) is 38.8 Å². The first-order chi connectivity index (χ1) is 9.23. The van der Waals surface area contributed by atoms with Gasteiger partial charge in [-0.3, -0.25) is 0 Å². The Bertz CT molecular complexity index is 345. The van der Waals surface area contributed by atoms with Gasteiger partial charge in [0.25, 0.3) is 0 Å². The Labute approximate surface area is 119 Å². The van der Waals surface area contributed by atoms with Crippen molar-refractivity contribution in [2.24, 2.45) is 0 Å². The zero-order chi connectivity index (χ0) is 15.6. The summed E-state index contributed by atoms with van der Waals surface area (Å²) in [5.74, 6) is -0.225. The molecule has 122 valence electrons. The Balaban J connectivity index is 4.27. The number of sulfonamides is 1. The Morgan fingerprint density at radius 1 is 1.05 bits per heavy atom. The number of hydrogen-bond donors (Lipinski definition) is 1. The molecule has 8 heteroatoms. The highest BCUT2D eigenvalue weighted by atomic mass is 32.2. The van der Waals surface area contributed by atoms with Crippen LogP contribution in [0.2, 0.25) is 0 Å². The first kappa shape index (κ1) is 19.7. The zero-order valence-electron chi connectivity index (χ0n) is 12.2. The van der Waals surface area contributed by atoms with Gasteiger partial charge >= 0.3 is 6.18 Å². The van der Waals surface area contributed by atoms with E-state index < -0.39 is 22.7 Å². The Morgan fingerprint density at radius 2 is 1.70 bits per heavy atom. The van der Waals surface area contributed by atoms with Crippen molar-refractivity contribution in [3.05, 3.63) is 0 Å². The summed E-state index contributed by atoms with van der Waals surface area (Å²) in [6.07, 6.45) is -2.12. The van der Waals surface area contributed by atoms with Gasteiger partial charge in [0.1, 0.15) is 6.54 Å². The van der Waals surface area contributed by atoms with E-state index in [0.29, 0.717) is 30.1 Å². The van der Waals surface area contributed by atoms with E-state index in [4.69, 9.17) is 0 Å². The van der Waals surface area contributed by atoms with Crippen LogP contribution in [0.4, 0.5) is 13.2 Å². The van der Waals surface area contributed by atoms with Crippen molar-refractivity contribution in [3.63, 3.8) is 0 Å². The molecule has 0 saturated carbocycles. The summed E-state index contributed by atoms with van der Waals surface area (Å²) >= 11 is 0. The number of unbranched alkanes of at least 4 members (excludes halogenated alkanes) is 1. The molecule has 0 aromatic rings. The predicted octanol–water partition coefficient (Wildman–Crippen LogP) is 2.37. The topological polar surface area (TPSA) is 49.4 Å². The van der Waals surface area contributed by atoms with Crippen LogP contribution in [0.15, 0.2) is 0 Å². The normalized spacial score (nSPS) is 13.1. The van der Waals surface area contributed by atoms with Crippen LogP contribution in [-0.4, -0.2) is 50.8 Å². The molecular weight excluding hydrogens is 293 g/mol. The zero-order valence-corrected chi connectivity index (χ0v) is 13.0. The summed E-state index contributed by atoms with van der Waals surface area (Å²) in [5.41, 5.74) is 0. The van der Waals surface area contributed by atoms with E-state index in [1.165, 1.54) is 0 Å². The van der Waals surface area contributed by atoms with Crippen molar-refractivity contribution in [1.29, 1.82) is 0 Å². The second-order valence-corrected chi connectivity index (χ2v) is 6.81. The fourth-order valence-corrected chi connectivity index (χ4v) is 3.36. The molecule has 0 bridgehead atoms. The average molecular weight is 318 g/mol. The predicted molar refractivity (Wildman–Crippen MR) is 74.1 cm³/mol. The summed E-state index contributed by atoms with van der Waals surface area (Å²) in [4.78, 5) is 0. The van der Waals surface area contributed by atoms with E-state index in [1.54, 1.807) is 6.92 Å². The molecule has 20 heavy (non-hydrogen) atoms. The lowest BCUT2D eigenvalue weighted by molar-refractivity contribution is -0.136. The minimum Gasteiger partial charge on any atom is -0.317 e. The number of nitrogens with one attached hydrogen (secondary N) is 1. The van der Waals surface area contributed by atoms with Crippen LogP contribution in [0, 0.1) is 0 Å². The van der Waals surface area contributed by atoms with Crippen LogP contribution in [0.1, 0.15) is 39.5 Å². The maximum absolute atomic E-state index is 12.4. The van der Waals surface area contributed by atoms with Gasteiger partial charge in [-0.1, -0.05) is 13.8 Å².